The molecular formula is C21H23ClN4OS. The molecule has 1 aliphatic heterocycles. The Bertz CT molecular complexity index is 964. The lowest BCUT2D eigenvalue weighted by Gasteiger charge is -2.34. The van der Waals surface area contributed by atoms with E-state index in [1.807, 2.05) is 29.2 Å². The average Bonchev–Trinajstić information content (AvgIpc) is 3.16. The molecule has 4 rings (SSSR count). The van der Waals surface area contributed by atoms with Crippen molar-refractivity contribution in [1.29, 1.82) is 0 Å². The predicted molar refractivity (Wildman–Crippen MR) is 116 cm³/mol. The summed E-state index contributed by atoms with van der Waals surface area (Å²) >= 11 is 7.63. The van der Waals surface area contributed by atoms with E-state index in [1.54, 1.807) is 11.3 Å². The van der Waals surface area contributed by atoms with Crippen molar-refractivity contribution in [3.8, 4) is 0 Å². The first-order valence-electron chi connectivity index (χ1n) is 9.54. The number of halogens is 1. The first-order chi connectivity index (χ1) is 13.6. The first kappa shape index (κ1) is 19.0. The number of nitrogens with one attached hydrogen (secondary N) is 1. The molecular weight excluding hydrogens is 392 g/mol. The van der Waals surface area contributed by atoms with Crippen LogP contribution in [0.15, 0.2) is 42.5 Å². The lowest BCUT2D eigenvalue weighted by atomic mass is 10.2. The molecule has 0 atom stereocenters. The number of hydrogen-bond acceptors (Lipinski definition) is 4. The van der Waals surface area contributed by atoms with Crippen LogP contribution in [0.5, 0.6) is 0 Å². The summed E-state index contributed by atoms with van der Waals surface area (Å²) in [5.74, 6) is 0. The van der Waals surface area contributed by atoms with Crippen LogP contribution in [0.3, 0.4) is 0 Å². The van der Waals surface area contributed by atoms with Gasteiger partial charge in [-0.1, -0.05) is 48.1 Å². The molecule has 0 bridgehead atoms. The number of anilines is 1. The van der Waals surface area contributed by atoms with Gasteiger partial charge in [0.05, 0.1) is 10.2 Å². The van der Waals surface area contributed by atoms with Crippen molar-refractivity contribution in [2.24, 2.45) is 0 Å². The van der Waals surface area contributed by atoms with Crippen molar-refractivity contribution in [2.45, 2.75) is 19.9 Å². The van der Waals surface area contributed by atoms with E-state index >= 15 is 0 Å². The standard InChI is InChI=1S/C21H23ClN4OS/c1-2-15-5-8-18-19(13-15)28-21(24-18)26-11-9-25(10-12-26)20(27)23-14-16-3-6-17(22)7-4-16/h3-8,13H,2,9-12,14H2,1H3,(H,23,27). The highest BCUT2D eigenvalue weighted by molar-refractivity contribution is 7.22. The number of benzene rings is 2. The Morgan fingerprint density at radius 3 is 2.54 bits per heavy atom. The number of carbonyl (C=O) groups is 1. The third-order valence-electron chi connectivity index (χ3n) is 5.04. The van der Waals surface area contributed by atoms with Gasteiger partial charge in [-0.2, -0.15) is 0 Å². The maximum atomic E-state index is 12.5. The molecule has 1 fully saturated rings. The minimum absolute atomic E-state index is 0.0218. The molecule has 5 nitrogen and oxygen atoms in total. The smallest absolute Gasteiger partial charge is 0.317 e. The Hall–Kier alpha value is -2.31. The number of thiazole rings is 1. The largest absolute Gasteiger partial charge is 0.345 e. The van der Waals surface area contributed by atoms with Gasteiger partial charge in [0, 0.05) is 37.7 Å². The van der Waals surface area contributed by atoms with Crippen LogP contribution < -0.4 is 10.2 Å². The summed E-state index contributed by atoms with van der Waals surface area (Å²) in [6.07, 6.45) is 1.03. The van der Waals surface area contributed by atoms with Crippen LogP contribution in [0.25, 0.3) is 10.2 Å². The van der Waals surface area contributed by atoms with Gasteiger partial charge in [0.2, 0.25) is 0 Å². The number of piperazine rings is 1. The lowest BCUT2D eigenvalue weighted by Crippen LogP contribution is -2.51. The molecule has 3 aromatic rings. The molecule has 1 saturated heterocycles. The number of rotatable bonds is 4. The van der Waals surface area contributed by atoms with Crippen LogP contribution in [-0.4, -0.2) is 42.1 Å². The van der Waals surface area contributed by atoms with E-state index in [4.69, 9.17) is 16.6 Å². The number of nitrogens with zero attached hydrogens (tertiary/aromatic N) is 3. The van der Waals surface area contributed by atoms with Gasteiger partial charge in [-0.3, -0.25) is 0 Å². The van der Waals surface area contributed by atoms with Crippen molar-refractivity contribution in [3.05, 3.63) is 58.6 Å². The molecule has 0 radical (unpaired) electrons. The maximum absolute atomic E-state index is 12.5. The van der Waals surface area contributed by atoms with Crippen molar-refractivity contribution < 1.29 is 4.79 Å². The molecule has 2 heterocycles. The molecule has 1 N–H and O–H groups in total. The molecule has 0 aliphatic carbocycles. The summed E-state index contributed by atoms with van der Waals surface area (Å²) < 4.78 is 1.23. The number of aromatic nitrogens is 1. The van der Waals surface area contributed by atoms with Crippen LogP contribution in [0, 0.1) is 0 Å². The Morgan fingerprint density at radius 2 is 1.82 bits per heavy atom. The molecule has 146 valence electrons. The van der Waals surface area contributed by atoms with Crippen LogP contribution in [0.4, 0.5) is 9.93 Å². The van der Waals surface area contributed by atoms with Crippen molar-refractivity contribution in [1.82, 2.24) is 15.2 Å². The number of urea groups is 1. The zero-order valence-corrected chi connectivity index (χ0v) is 17.4. The molecule has 2 amide bonds. The highest BCUT2D eigenvalue weighted by atomic mass is 35.5. The topological polar surface area (TPSA) is 48.5 Å². The highest BCUT2D eigenvalue weighted by Crippen LogP contribution is 2.30. The molecule has 0 unspecified atom stereocenters. The van der Waals surface area contributed by atoms with E-state index in [9.17, 15) is 4.79 Å². The summed E-state index contributed by atoms with van der Waals surface area (Å²) in [5.41, 5.74) is 3.43. The second-order valence-electron chi connectivity index (χ2n) is 6.91. The summed E-state index contributed by atoms with van der Waals surface area (Å²) in [6.45, 7) is 5.67. The molecule has 0 spiro atoms. The Kier molecular flexibility index (Phi) is 5.69. The molecule has 0 saturated carbocycles. The third-order valence-corrected chi connectivity index (χ3v) is 6.38. The summed E-state index contributed by atoms with van der Waals surface area (Å²) in [6, 6.07) is 14.0. The average molecular weight is 415 g/mol. The fourth-order valence-corrected chi connectivity index (χ4v) is 4.51. The summed E-state index contributed by atoms with van der Waals surface area (Å²) in [7, 11) is 0. The quantitative estimate of drug-likeness (QED) is 0.681. The van der Waals surface area contributed by atoms with Gasteiger partial charge < -0.3 is 15.1 Å². The second kappa shape index (κ2) is 8.37. The number of carbonyl (C=O) groups excluding carboxylic acids is 1. The molecule has 1 aliphatic rings. The van der Waals surface area contributed by atoms with E-state index in [0.29, 0.717) is 24.7 Å². The van der Waals surface area contributed by atoms with E-state index < -0.39 is 0 Å². The second-order valence-corrected chi connectivity index (χ2v) is 8.36. The Labute approximate surface area is 173 Å². The zero-order valence-electron chi connectivity index (χ0n) is 15.8. The maximum Gasteiger partial charge on any atom is 0.317 e. The van der Waals surface area contributed by atoms with E-state index in [1.165, 1.54) is 10.3 Å². The van der Waals surface area contributed by atoms with Crippen LogP contribution in [0.2, 0.25) is 5.02 Å². The fourth-order valence-electron chi connectivity index (χ4n) is 3.30. The van der Waals surface area contributed by atoms with Crippen molar-refractivity contribution >= 4 is 44.3 Å². The summed E-state index contributed by atoms with van der Waals surface area (Å²) in [4.78, 5) is 21.4. The van der Waals surface area contributed by atoms with Gasteiger partial charge in [-0.05, 0) is 41.8 Å². The minimum Gasteiger partial charge on any atom is -0.345 e. The van der Waals surface area contributed by atoms with Gasteiger partial charge in [-0.25, -0.2) is 9.78 Å². The number of aryl methyl sites for hydroxylation is 1. The Balaban J connectivity index is 1.32. The lowest BCUT2D eigenvalue weighted by molar-refractivity contribution is 0.194. The molecule has 2 aromatic carbocycles. The highest BCUT2D eigenvalue weighted by Gasteiger charge is 2.23. The molecule has 7 heteroatoms. The zero-order chi connectivity index (χ0) is 19.5. The predicted octanol–water partition coefficient (Wildman–Crippen LogP) is 4.54. The first-order valence-corrected chi connectivity index (χ1v) is 10.7. The third kappa shape index (κ3) is 4.23. The van der Waals surface area contributed by atoms with Crippen molar-refractivity contribution in [3.63, 3.8) is 0 Å². The van der Waals surface area contributed by atoms with Crippen LogP contribution in [-0.2, 0) is 13.0 Å². The SMILES string of the molecule is CCc1ccc2nc(N3CCN(C(=O)NCc4ccc(Cl)cc4)CC3)sc2c1. The van der Waals surface area contributed by atoms with E-state index in [0.717, 1.165) is 35.7 Å². The minimum atomic E-state index is -0.0218. The van der Waals surface area contributed by atoms with Crippen LogP contribution >= 0.6 is 22.9 Å². The van der Waals surface area contributed by atoms with Gasteiger partial charge in [0.1, 0.15) is 0 Å². The number of fused-ring (bicyclic) bond motifs is 1. The molecule has 28 heavy (non-hydrogen) atoms. The number of hydrogen-bond donors (Lipinski definition) is 1. The van der Waals surface area contributed by atoms with Crippen LogP contribution in [0.1, 0.15) is 18.1 Å². The van der Waals surface area contributed by atoms with Crippen molar-refractivity contribution in [2.75, 3.05) is 31.1 Å². The monoisotopic (exact) mass is 414 g/mol. The van der Waals surface area contributed by atoms with Gasteiger partial charge >= 0.3 is 6.03 Å². The van der Waals surface area contributed by atoms with E-state index in [2.05, 4.69) is 35.3 Å². The normalized spacial score (nSPS) is 14.5. The fraction of sp³-hybridized carbons (Fsp3) is 0.333. The molecule has 1 aromatic heterocycles. The Morgan fingerprint density at radius 1 is 1.11 bits per heavy atom. The van der Waals surface area contributed by atoms with Gasteiger partial charge in [0.25, 0.3) is 0 Å². The summed E-state index contributed by atoms with van der Waals surface area (Å²) in [5, 5.41) is 4.74. The van der Waals surface area contributed by atoms with Gasteiger partial charge in [-0.15, -0.1) is 0 Å². The van der Waals surface area contributed by atoms with E-state index in [-0.39, 0.29) is 6.03 Å². The number of amides is 2. The van der Waals surface area contributed by atoms with Gasteiger partial charge in [0.15, 0.2) is 5.13 Å².